The summed E-state index contributed by atoms with van der Waals surface area (Å²) >= 11 is 0. The molecule has 1 aliphatic heterocycles. The predicted octanol–water partition coefficient (Wildman–Crippen LogP) is 1.96. The van der Waals surface area contributed by atoms with Crippen LogP contribution in [0.2, 0.25) is 0 Å². The van der Waals surface area contributed by atoms with E-state index in [1.54, 1.807) is 27.5 Å². The van der Waals surface area contributed by atoms with Crippen LogP contribution in [-0.2, 0) is 6.54 Å². The largest absolute Gasteiger partial charge is 0.497 e. The number of nitrogens with zero attached hydrogens (tertiary/aromatic N) is 4. The number of halogens is 1. The number of aromatic nitrogens is 2. The van der Waals surface area contributed by atoms with Crippen molar-refractivity contribution in [1.29, 1.82) is 0 Å². The number of aliphatic imine (C=N–C) groups is 1. The van der Waals surface area contributed by atoms with Crippen molar-refractivity contribution in [3.05, 3.63) is 36.7 Å². The number of methoxy groups -OCH3 is 2. The van der Waals surface area contributed by atoms with Crippen LogP contribution < -0.4 is 25.0 Å². The van der Waals surface area contributed by atoms with Crippen LogP contribution in [0.1, 0.15) is 6.42 Å². The Morgan fingerprint density at radius 2 is 2.00 bits per heavy atom. The summed E-state index contributed by atoms with van der Waals surface area (Å²) < 4.78 is 12.7. The lowest BCUT2D eigenvalue weighted by Gasteiger charge is -2.21. The zero-order chi connectivity index (χ0) is 19.1. The predicted molar refractivity (Wildman–Crippen MR) is 122 cm³/mol. The van der Waals surface area contributed by atoms with E-state index < -0.39 is 0 Å². The first kappa shape index (κ1) is 22.1. The van der Waals surface area contributed by atoms with Crippen LogP contribution in [0.5, 0.6) is 11.5 Å². The fourth-order valence-electron chi connectivity index (χ4n) is 3.20. The van der Waals surface area contributed by atoms with Crippen LogP contribution in [0.25, 0.3) is 0 Å². The van der Waals surface area contributed by atoms with Crippen molar-refractivity contribution in [3.63, 3.8) is 0 Å². The van der Waals surface area contributed by atoms with Gasteiger partial charge in [0.2, 0.25) is 0 Å². The number of guanidine groups is 1. The molecule has 28 heavy (non-hydrogen) atoms. The van der Waals surface area contributed by atoms with Gasteiger partial charge in [-0.1, -0.05) is 0 Å². The highest BCUT2D eigenvalue weighted by Crippen LogP contribution is 2.30. The molecule has 1 aromatic heterocycles. The maximum atomic E-state index is 5.38. The Morgan fingerprint density at radius 3 is 2.61 bits per heavy atom. The van der Waals surface area contributed by atoms with Crippen molar-refractivity contribution >= 4 is 35.6 Å². The number of benzene rings is 1. The molecule has 1 unspecified atom stereocenters. The molecule has 3 rings (SSSR count). The molecule has 2 heterocycles. The van der Waals surface area contributed by atoms with E-state index in [-0.39, 0.29) is 24.0 Å². The Balaban J connectivity index is 0.00000280. The number of nitrogens with one attached hydrogen (secondary N) is 2. The second-order valence-corrected chi connectivity index (χ2v) is 6.41. The van der Waals surface area contributed by atoms with Crippen LogP contribution in [0.4, 0.5) is 5.69 Å². The first-order chi connectivity index (χ1) is 13.2. The molecule has 1 aromatic carbocycles. The average Bonchev–Trinajstić information content (AvgIpc) is 3.38. The molecular formula is C19H29IN6O2. The van der Waals surface area contributed by atoms with Crippen LogP contribution in [0.15, 0.2) is 41.7 Å². The van der Waals surface area contributed by atoms with E-state index in [4.69, 9.17) is 9.47 Å². The Hall–Kier alpha value is -2.17. The van der Waals surface area contributed by atoms with Gasteiger partial charge in [-0.25, -0.2) is 0 Å². The Labute approximate surface area is 183 Å². The fraction of sp³-hybridized carbons (Fsp3) is 0.474. The minimum atomic E-state index is 0. The summed E-state index contributed by atoms with van der Waals surface area (Å²) in [6.07, 6.45) is 4.78. The van der Waals surface area contributed by atoms with Crippen molar-refractivity contribution in [2.45, 2.75) is 19.0 Å². The standard InChI is InChI=1S/C19H28N6O2.HI/c1-20-19(21-7-10-25-8-4-6-22-25)23-15-5-9-24(14-15)16-11-17(26-2)13-18(12-16)27-3;/h4,6,8,11-13,15H,5,7,9-10,14H2,1-3H3,(H2,20,21,23);1H. The van der Waals surface area contributed by atoms with Crippen LogP contribution in [-0.4, -0.2) is 62.7 Å². The monoisotopic (exact) mass is 500 g/mol. The molecule has 1 fully saturated rings. The lowest BCUT2D eigenvalue weighted by atomic mass is 10.2. The molecule has 2 aromatic rings. The molecule has 1 saturated heterocycles. The Bertz CT molecular complexity index is 731. The molecule has 0 spiro atoms. The number of hydrogen-bond donors (Lipinski definition) is 2. The van der Waals surface area contributed by atoms with Gasteiger partial charge in [0.15, 0.2) is 5.96 Å². The molecule has 0 radical (unpaired) electrons. The van der Waals surface area contributed by atoms with Crippen LogP contribution in [0, 0.1) is 0 Å². The minimum absolute atomic E-state index is 0. The lowest BCUT2D eigenvalue weighted by molar-refractivity contribution is 0.394. The van der Waals surface area contributed by atoms with E-state index in [0.717, 1.165) is 55.7 Å². The van der Waals surface area contributed by atoms with Gasteiger partial charge in [0, 0.05) is 69.0 Å². The van der Waals surface area contributed by atoms with Gasteiger partial charge in [-0.2, -0.15) is 5.10 Å². The van der Waals surface area contributed by atoms with Gasteiger partial charge in [0.25, 0.3) is 0 Å². The summed E-state index contributed by atoms with van der Waals surface area (Å²) in [4.78, 5) is 6.66. The van der Waals surface area contributed by atoms with E-state index in [1.807, 2.05) is 35.1 Å². The highest BCUT2D eigenvalue weighted by Gasteiger charge is 2.24. The van der Waals surface area contributed by atoms with E-state index >= 15 is 0 Å². The van der Waals surface area contributed by atoms with Gasteiger partial charge in [-0.05, 0) is 12.5 Å². The number of rotatable bonds is 7. The molecule has 0 amide bonds. The summed E-state index contributed by atoms with van der Waals surface area (Å²) in [5.74, 6) is 2.42. The normalized spacial score (nSPS) is 16.5. The fourth-order valence-corrected chi connectivity index (χ4v) is 3.20. The Kier molecular flexibility index (Phi) is 8.68. The molecule has 9 heteroatoms. The first-order valence-corrected chi connectivity index (χ1v) is 9.14. The molecule has 0 bridgehead atoms. The molecule has 0 aliphatic carbocycles. The maximum absolute atomic E-state index is 5.38. The van der Waals surface area contributed by atoms with Crippen molar-refractivity contribution in [3.8, 4) is 11.5 Å². The summed E-state index contributed by atoms with van der Waals surface area (Å²) in [6.45, 7) is 3.44. The van der Waals surface area contributed by atoms with Gasteiger partial charge in [0.1, 0.15) is 11.5 Å². The second-order valence-electron chi connectivity index (χ2n) is 6.41. The third-order valence-corrected chi connectivity index (χ3v) is 4.65. The quantitative estimate of drug-likeness (QED) is 0.344. The minimum Gasteiger partial charge on any atom is -0.497 e. The van der Waals surface area contributed by atoms with Gasteiger partial charge in [-0.15, -0.1) is 24.0 Å². The SMILES string of the molecule is CN=C(NCCn1cccn1)NC1CCN(c2cc(OC)cc(OC)c2)C1.I. The number of ether oxygens (including phenoxy) is 2. The lowest BCUT2D eigenvalue weighted by Crippen LogP contribution is -2.45. The first-order valence-electron chi connectivity index (χ1n) is 9.14. The van der Waals surface area contributed by atoms with Gasteiger partial charge >= 0.3 is 0 Å². The summed E-state index contributed by atoms with van der Waals surface area (Å²) in [7, 11) is 5.14. The highest BCUT2D eigenvalue weighted by atomic mass is 127. The topological polar surface area (TPSA) is 75.9 Å². The van der Waals surface area contributed by atoms with E-state index in [0.29, 0.717) is 6.04 Å². The van der Waals surface area contributed by atoms with Crippen molar-refractivity contribution in [1.82, 2.24) is 20.4 Å². The van der Waals surface area contributed by atoms with Crippen LogP contribution in [0.3, 0.4) is 0 Å². The third-order valence-electron chi connectivity index (χ3n) is 4.65. The van der Waals surface area contributed by atoms with Gasteiger partial charge < -0.3 is 25.0 Å². The number of anilines is 1. The average molecular weight is 500 g/mol. The Morgan fingerprint density at radius 1 is 1.25 bits per heavy atom. The maximum Gasteiger partial charge on any atom is 0.191 e. The molecular weight excluding hydrogens is 471 g/mol. The molecule has 0 saturated carbocycles. The second kappa shape index (κ2) is 11.0. The molecule has 1 aliphatic rings. The van der Waals surface area contributed by atoms with E-state index in [9.17, 15) is 0 Å². The highest BCUT2D eigenvalue weighted by molar-refractivity contribution is 14.0. The van der Waals surface area contributed by atoms with E-state index in [1.165, 1.54) is 0 Å². The molecule has 1 atom stereocenters. The van der Waals surface area contributed by atoms with Crippen LogP contribution >= 0.6 is 24.0 Å². The van der Waals surface area contributed by atoms with E-state index in [2.05, 4.69) is 25.6 Å². The molecule has 154 valence electrons. The summed E-state index contributed by atoms with van der Waals surface area (Å²) in [5, 5.41) is 11.1. The van der Waals surface area contributed by atoms with Crippen molar-refractivity contribution in [2.75, 3.05) is 45.8 Å². The summed E-state index contributed by atoms with van der Waals surface area (Å²) in [6, 6.07) is 8.23. The van der Waals surface area contributed by atoms with Gasteiger partial charge in [-0.3, -0.25) is 9.67 Å². The zero-order valence-electron chi connectivity index (χ0n) is 16.6. The van der Waals surface area contributed by atoms with Crippen molar-refractivity contribution < 1.29 is 9.47 Å². The third kappa shape index (κ3) is 5.91. The number of hydrogen-bond acceptors (Lipinski definition) is 5. The zero-order valence-corrected chi connectivity index (χ0v) is 18.9. The smallest absolute Gasteiger partial charge is 0.191 e. The molecule has 2 N–H and O–H groups in total. The molecule has 8 nitrogen and oxygen atoms in total. The summed E-state index contributed by atoms with van der Waals surface area (Å²) in [5.41, 5.74) is 1.11. The van der Waals surface area contributed by atoms with Crippen molar-refractivity contribution in [2.24, 2.45) is 4.99 Å². The van der Waals surface area contributed by atoms with Gasteiger partial charge in [0.05, 0.1) is 20.8 Å².